The van der Waals surface area contributed by atoms with Crippen LogP contribution >= 0.6 is 11.8 Å². The van der Waals surface area contributed by atoms with E-state index in [0.29, 0.717) is 29.0 Å². The molecule has 0 bridgehead atoms. The third-order valence-electron chi connectivity index (χ3n) is 2.46. The SMILES string of the molecule is CSCCOC(=O)c1ccc2nc(C(F)F)[nH]c2c1. The fourth-order valence-electron chi connectivity index (χ4n) is 1.56. The van der Waals surface area contributed by atoms with Crippen molar-refractivity contribution in [3.8, 4) is 0 Å². The number of carbonyl (C=O) groups excluding carboxylic acids is 1. The highest BCUT2D eigenvalue weighted by Crippen LogP contribution is 2.20. The normalized spacial score (nSPS) is 11.2. The molecule has 0 saturated heterocycles. The van der Waals surface area contributed by atoms with Crippen molar-refractivity contribution in [1.82, 2.24) is 9.97 Å². The van der Waals surface area contributed by atoms with E-state index in [0.717, 1.165) is 0 Å². The Morgan fingerprint density at radius 3 is 3.00 bits per heavy atom. The average Bonchev–Trinajstić information content (AvgIpc) is 2.81. The quantitative estimate of drug-likeness (QED) is 0.678. The summed E-state index contributed by atoms with van der Waals surface area (Å²) in [5.74, 6) is -0.153. The molecule has 1 aromatic heterocycles. The number of fused-ring (bicyclic) bond motifs is 1. The second kappa shape index (κ2) is 6.01. The van der Waals surface area contributed by atoms with Gasteiger partial charge in [-0.2, -0.15) is 11.8 Å². The number of hydrogen-bond acceptors (Lipinski definition) is 4. The molecule has 1 heterocycles. The Kier molecular flexibility index (Phi) is 4.36. The standard InChI is InChI=1S/C12H12F2N2O2S/c1-19-5-4-18-12(17)7-2-3-8-9(6-7)16-11(15-8)10(13)14/h2-3,6,10H,4-5H2,1H3,(H,15,16). The Bertz CT molecular complexity index is 586. The molecule has 102 valence electrons. The number of aromatic nitrogens is 2. The van der Waals surface area contributed by atoms with Crippen molar-refractivity contribution >= 4 is 28.8 Å². The Labute approximate surface area is 112 Å². The van der Waals surface area contributed by atoms with Crippen LogP contribution in [-0.4, -0.2) is 34.6 Å². The zero-order valence-corrected chi connectivity index (χ0v) is 11.0. The molecule has 0 aliphatic heterocycles. The number of hydrogen-bond donors (Lipinski definition) is 1. The first-order chi connectivity index (χ1) is 9.11. The van der Waals surface area contributed by atoms with Crippen molar-refractivity contribution in [2.75, 3.05) is 18.6 Å². The van der Waals surface area contributed by atoms with Crippen LogP contribution in [0.4, 0.5) is 8.78 Å². The van der Waals surface area contributed by atoms with Gasteiger partial charge in [-0.05, 0) is 24.5 Å². The van der Waals surface area contributed by atoms with Gasteiger partial charge in [0, 0.05) is 5.75 Å². The maximum atomic E-state index is 12.5. The Hall–Kier alpha value is -1.63. The van der Waals surface area contributed by atoms with E-state index in [9.17, 15) is 13.6 Å². The molecule has 0 spiro atoms. The number of halogens is 2. The van der Waals surface area contributed by atoms with Crippen molar-refractivity contribution < 1.29 is 18.3 Å². The van der Waals surface area contributed by atoms with Crippen LogP contribution in [0.3, 0.4) is 0 Å². The van der Waals surface area contributed by atoms with Crippen LogP contribution in [0.2, 0.25) is 0 Å². The van der Waals surface area contributed by atoms with E-state index >= 15 is 0 Å². The number of nitrogens with zero attached hydrogens (tertiary/aromatic N) is 1. The third-order valence-corrected chi connectivity index (χ3v) is 3.04. The summed E-state index contributed by atoms with van der Waals surface area (Å²) in [5, 5.41) is 0. The van der Waals surface area contributed by atoms with Crippen LogP contribution in [0.15, 0.2) is 18.2 Å². The van der Waals surface area contributed by atoms with Gasteiger partial charge in [0.1, 0.15) is 6.61 Å². The van der Waals surface area contributed by atoms with E-state index in [1.807, 2.05) is 6.26 Å². The lowest BCUT2D eigenvalue weighted by molar-refractivity contribution is 0.0530. The summed E-state index contributed by atoms with van der Waals surface area (Å²) in [5.41, 5.74) is 1.11. The summed E-state index contributed by atoms with van der Waals surface area (Å²) in [6.07, 6.45) is -0.750. The molecule has 0 aliphatic rings. The molecule has 2 aromatic rings. The van der Waals surface area contributed by atoms with Gasteiger partial charge < -0.3 is 9.72 Å². The largest absolute Gasteiger partial charge is 0.461 e. The number of ether oxygens (including phenoxy) is 1. The third kappa shape index (κ3) is 3.23. The number of benzene rings is 1. The molecule has 2 rings (SSSR count). The summed E-state index contributed by atoms with van der Waals surface area (Å²) < 4.78 is 30.0. The topological polar surface area (TPSA) is 55.0 Å². The second-order valence-electron chi connectivity index (χ2n) is 3.78. The van der Waals surface area contributed by atoms with Crippen molar-refractivity contribution in [3.63, 3.8) is 0 Å². The number of alkyl halides is 2. The molecule has 0 amide bonds. The molecule has 0 saturated carbocycles. The minimum Gasteiger partial charge on any atom is -0.461 e. The smallest absolute Gasteiger partial charge is 0.338 e. The number of imidazole rings is 1. The minimum absolute atomic E-state index is 0.318. The van der Waals surface area contributed by atoms with Gasteiger partial charge in [-0.1, -0.05) is 0 Å². The van der Waals surface area contributed by atoms with Crippen molar-refractivity contribution in [1.29, 1.82) is 0 Å². The van der Waals surface area contributed by atoms with Gasteiger partial charge in [0.05, 0.1) is 16.6 Å². The minimum atomic E-state index is -2.66. The highest BCUT2D eigenvalue weighted by Gasteiger charge is 2.14. The van der Waals surface area contributed by atoms with E-state index in [-0.39, 0.29) is 0 Å². The molecule has 19 heavy (non-hydrogen) atoms. The number of rotatable bonds is 5. The van der Waals surface area contributed by atoms with Crippen LogP contribution in [0.5, 0.6) is 0 Å². The van der Waals surface area contributed by atoms with E-state index < -0.39 is 18.2 Å². The molecule has 0 radical (unpaired) electrons. The summed E-state index contributed by atoms with van der Waals surface area (Å²) >= 11 is 1.57. The lowest BCUT2D eigenvalue weighted by Crippen LogP contribution is -2.07. The number of nitrogens with one attached hydrogen (secondary N) is 1. The first-order valence-electron chi connectivity index (χ1n) is 5.55. The number of carbonyl (C=O) groups is 1. The molecular weight excluding hydrogens is 274 g/mol. The van der Waals surface area contributed by atoms with Gasteiger partial charge in [0.2, 0.25) is 0 Å². The second-order valence-corrected chi connectivity index (χ2v) is 4.77. The molecule has 0 fully saturated rings. The molecule has 1 N–H and O–H groups in total. The summed E-state index contributed by atoms with van der Waals surface area (Å²) in [7, 11) is 0. The van der Waals surface area contributed by atoms with E-state index in [1.165, 1.54) is 18.2 Å². The Morgan fingerprint density at radius 1 is 1.53 bits per heavy atom. The molecule has 4 nitrogen and oxygen atoms in total. The first-order valence-corrected chi connectivity index (χ1v) is 6.95. The van der Waals surface area contributed by atoms with Gasteiger partial charge >= 0.3 is 5.97 Å². The summed E-state index contributed by atoms with van der Waals surface area (Å²) in [6, 6.07) is 4.50. The lowest BCUT2D eigenvalue weighted by atomic mass is 10.2. The maximum Gasteiger partial charge on any atom is 0.338 e. The molecule has 0 unspecified atom stereocenters. The summed E-state index contributed by atoms with van der Waals surface area (Å²) in [6.45, 7) is 0.323. The molecule has 0 atom stereocenters. The number of esters is 1. The predicted octanol–water partition coefficient (Wildman–Crippen LogP) is 3.02. The van der Waals surface area contributed by atoms with Crippen molar-refractivity contribution in [3.05, 3.63) is 29.6 Å². The van der Waals surface area contributed by atoms with Gasteiger partial charge in [0.25, 0.3) is 6.43 Å². The Morgan fingerprint density at radius 2 is 2.32 bits per heavy atom. The molecule has 1 aromatic carbocycles. The van der Waals surface area contributed by atoms with Gasteiger partial charge in [-0.15, -0.1) is 0 Å². The van der Waals surface area contributed by atoms with Crippen LogP contribution in [-0.2, 0) is 4.74 Å². The molecule has 0 aliphatic carbocycles. The van der Waals surface area contributed by atoms with Crippen LogP contribution in [0.1, 0.15) is 22.6 Å². The highest BCUT2D eigenvalue weighted by molar-refractivity contribution is 7.98. The monoisotopic (exact) mass is 286 g/mol. The van der Waals surface area contributed by atoms with Crippen LogP contribution in [0, 0.1) is 0 Å². The van der Waals surface area contributed by atoms with Gasteiger partial charge in [0.15, 0.2) is 5.82 Å². The lowest BCUT2D eigenvalue weighted by Gasteiger charge is -2.03. The maximum absolute atomic E-state index is 12.5. The number of H-pyrrole nitrogens is 1. The van der Waals surface area contributed by atoms with Gasteiger partial charge in [-0.3, -0.25) is 0 Å². The van der Waals surface area contributed by atoms with Crippen molar-refractivity contribution in [2.45, 2.75) is 6.43 Å². The fraction of sp³-hybridized carbons (Fsp3) is 0.333. The number of aromatic amines is 1. The van der Waals surface area contributed by atoms with Crippen molar-refractivity contribution in [2.24, 2.45) is 0 Å². The molecule has 7 heteroatoms. The Balaban J connectivity index is 2.18. The molecular formula is C12H12F2N2O2S. The fourth-order valence-corrected chi connectivity index (χ4v) is 1.81. The van der Waals surface area contributed by atoms with Gasteiger partial charge in [-0.25, -0.2) is 18.6 Å². The van der Waals surface area contributed by atoms with Crippen LogP contribution in [0.25, 0.3) is 11.0 Å². The summed E-state index contributed by atoms with van der Waals surface area (Å²) in [4.78, 5) is 17.9. The van der Waals surface area contributed by atoms with E-state index in [2.05, 4.69) is 9.97 Å². The predicted molar refractivity (Wildman–Crippen MR) is 69.7 cm³/mol. The zero-order chi connectivity index (χ0) is 13.8. The zero-order valence-electron chi connectivity index (χ0n) is 10.2. The first kappa shape index (κ1) is 13.8. The average molecular weight is 286 g/mol. The van der Waals surface area contributed by atoms with E-state index in [1.54, 1.807) is 11.8 Å². The highest BCUT2D eigenvalue weighted by atomic mass is 32.2. The van der Waals surface area contributed by atoms with Crippen LogP contribution < -0.4 is 0 Å². The van der Waals surface area contributed by atoms with E-state index in [4.69, 9.17) is 4.74 Å². The number of thioether (sulfide) groups is 1.